The topological polar surface area (TPSA) is 48.5 Å². The van der Waals surface area contributed by atoms with Crippen molar-refractivity contribution < 1.29 is 4.79 Å². The lowest BCUT2D eigenvalue weighted by Crippen LogP contribution is -2.52. The molecule has 1 atom stereocenters. The standard InChI is InChI=1S/C16H24N4O/c1-12(2)17-15-7-3-6-14(18-15)16(21)20-10-9-19-8-4-5-13(19)11-20/h3,6-7,12-13H,4-5,8-11H2,1-2H3,(H,17,18). The van der Waals surface area contributed by atoms with E-state index in [9.17, 15) is 4.79 Å². The minimum Gasteiger partial charge on any atom is -0.368 e. The van der Waals surface area contributed by atoms with Gasteiger partial charge in [0.1, 0.15) is 11.5 Å². The Kier molecular flexibility index (Phi) is 4.10. The van der Waals surface area contributed by atoms with E-state index in [2.05, 4.69) is 29.0 Å². The van der Waals surface area contributed by atoms with Crippen molar-refractivity contribution in [3.8, 4) is 0 Å². The van der Waals surface area contributed by atoms with E-state index in [0.29, 0.717) is 17.8 Å². The predicted octanol–water partition coefficient (Wildman–Crippen LogP) is 1.82. The second kappa shape index (κ2) is 6.02. The smallest absolute Gasteiger partial charge is 0.272 e. The zero-order valence-corrected chi connectivity index (χ0v) is 12.9. The number of hydrogen-bond acceptors (Lipinski definition) is 4. The average Bonchev–Trinajstić information content (AvgIpc) is 2.93. The fourth-order valence-electron chi connectivity index (χ4n) is 3.27. The summed E-state index contributed by atoms with van der Waals surface area (Å²) < 4.78 is 0. The van der Waals surface area contributed by atoms with Crippen LogP contribution in [0.25, 0.3) is 0 Å². The molecule has 0 bridgehead atoms. The third-order valence-electron chi connectivity index (χ3n) is 4.28. The highest BCUT2D eigenvalue weighted by Gasteiger charge is 2.33. The normalized spacial score (nSPS) is 22.4. The summed E-state index contributed by atoms with van der Waals surface area (Å²) in [5.41, 5.74) is 0.548. The van der Waals surface area contributed by atoms with E-state index in [4.69, 9.17) is 0 Å². The molecule has 2 fully saturated rings. The van der Waals surface area contributed by atoms with E-state index in [-0.39, 0.29) is 5.91 Å². The minimum atomic E-state index is 0.0638. The molecule has 1 unspecified atom stereocenters. The van der Waals surface area contributed by atoms with Gasteiger partial charge in [-0.3, -0.25) is 9.69 Å². The van der Waals surface area contributed by atoms with Crippen molar-refractivity contribution >= 4 is 11.7 Å². The summed E-state index contributed by atoms with van der Waals surface area (Å²) in [6.45, 7) is 7.99. The fraction of sp³-hybridized carbons (Fsp3) is 0.625. The van der Waals surface area contributed by atoms with Crippen molar-refractivity contribution in [2.24, 2.45) is 0 Å². The van der Waals surface area contributed by atoms with Gasteiger partial charge >= 0.3 is 0 Å². The quantitative estimate of drug-likeness (QED) is 0.922. The zero-order chi connectivity index (χ0) is 14.8. The van der Waals surface area contributed by atoms with Crippen LogP contribution in [0.5, 0.6) is 0 Å². The molecule has 5 nitrogen and oxygen atoms in total. The van der Waals surface area contributed by atoms with Gasteiger partial charge in [0.15, 0.2) is 0 Å². The molecule has 21 heavy (non-hydrogen) atoms. The molecular formula is C16H24N4O. The minimum absolute atomic E-state index is 0.0638. The number of aromatic nitrogens is 1. The molecule has 0 spiro atoms. The molecule has 2 aliphatic heterocycles. The molecule has 0 aromatic carbocycles. The van der Waals surface area contributed by atoms with Crippen molar-refractivity contribution in [2.75, 3.05) is 31.5 Å². The maximum absolute atomic E-state index is 12.6. The first-order chi connectivity index (χ1) is 10.1. The Balaban J connectivity index is 1.70. The second-order valence-electron chi connectivity index (χ2n) is 6.29. The number of rotatable bonds is 3. The van der Waals surface area contributed by atoms with Crippen molar-refractivity contribution in [3.05, 3.63) is 23.9 Å². The first-order valence-electron chi connectivity index (χ1n) is 7.90. The molecule has 0 radical (unpaired) electrons. The largest absolute Gasteiger partial charge is 0.368 e. The van der Waals surface area contributed by atoms with Crippen LogP contribution in [0, 0.1) is 0 Å². The number of fused-ring (bicyclic) bond motifs is 1. The number of anilines is 1. The van der Waals surface area contributed by atoms with E-state index in [1.807, 2.05) is 23.1 Å². The number of piperazine rings is 1. The Hall–Kier alpha value is -1.62. The molecule has 0 aliphatic carbocycles. The molecule has 0 saturated carbocycles. The van der Waals surface area contributed by atoms with Crippen LogP contribution in [0.3, 0.4) is 0 Å². The van der Waals surface area contributed by atoms with Crippen LogP contribution in [-0.4, -0.2) is 59.0 Å². The number of amides is 1. The maximum atomic E-state index is 12.6. The van der Waals surface area contributed by atoms with Crippen LogP contribution in [0.15, 0.2) is 18.2 Å². The molecule has 1 aromatic rings. The molecule has 114 valence electrons. The molecule has 1 amide bonds. The van der Waals surface area contributed by atoms with Crippen LogP contribution in [-0.2, 0) is 0 Å². The Labute approximate surface area is 126 Å². The SMILES string of the molecule is CC(C)Nc1cccc(C(=O)N2CCN3CCCC3C2)n1. The monoisotopic (exact) mass is 288 g/mol. The molecule has 1 N–H and O–H groups in total. The van der Waals surface area contributed by atoms with Crippen LogP contribution in [0.4, 0.5) is 5.82 Å². The van der Waals surface area contributed by atoms with Gasteiger partial charge in [-0.15, -0.1) is 0 Å². The molecular weight excluding hydrogens is 264 g/mol. The van der Waals surface area contributed by atoms with E-state index >= 15 is 0 Å². The lowest BCUT2D eigenvalue weighted by Gasteiger charge is -2.37. The number of nitrogens with zero attached hydrogens (tertiary/aromatic N) is 3. The van der Waals surface area contributed by atoms with Crippen LogP contribution >= 0.6 is 0 Å². The second-order valence-corrected chi connectivity index (χ2v) is 6.29. The fourth-order valence-corrected chi connectivity index (χ4v) is 3.27. The average molecular weight is 288 g/mol. The summed E-state index contributed by atoms with van der Waals surface area (Å²) in [5, 5.41) is 3.25. The van der Waals surface area contributed by atoms with Crippen molar-refractivity contribution in [1.82, 2.24) is 14.8 Å². The Morgan fingerprint density at radius 2 is 2.19 bits per heavy atom. The molecule has 5 heteroatoms. The Bertz CT molecular complexity index is 517. The number of pyridine rings is 1. The van der Waals surface area contributed by atoms with E-state index < -0.39 is 0 Å². The Morgan fingerprint density at radius 3 is 3.00 bits per heavy atom. The van der Waals surface area contributed by atoms with Crippen molar-refractivity contribution in [2.45, 2.75) is 38.8 Å². The van der Waals surface area contributed by atoms with Crippen molar-refractivity contribution in [3.63, 3.8) is 0 Å². The maximum Gasteiger partial charge on any atom is 0.272 e. The first-order valence-corrected chi connectivity index (χ1v) is 7.90. The highest BCUT2D eigenvalue weighted by molar-refractivity contribution is 5.92. The van der Waals surface area contributed by atoms with E-state index in [0.717, 1.165) is 25.5 Å². The number of carbonyl (C=O) groups is 1. The lowest BCUT2D eigenvalue weighted by atomic mass is 10.1. The summed E-state index contributed by atoms with van der Waals surface area (Å²) in [5.74, 6) is 0.837. The molecule has 1 aromatic heterocycles. The van der Waals surface area contributed by atoms with Gasteiger partial charge in [0.2, 0.25) is 0 Å². The van der Waals surface area contributed by atoms with Gasteiger partial charge in [0.25, 0.3) is 5.91 Å². The third kappa shape index (κ3) is 3.18. The summed E-state index contributed by atoms with van der Waals surface area (Å²) in [6.07, 6.45) is 2.48. The van der Waals surface area contributed by atoms with Gasteiger partial charge in [0, 0.05) is 31.7 Å². The number of hydrogen-bond donors (Lipinski definition) is 1. The van der Waals surface area contributed by atoms with Gasteiger partial charge in [-0.1, -0.05) is 6.07 Å². The predicted molar refractivity (Wildman–Crippen MR) is 83.5 cm³/mol. The van der Waals surface area contributed by atoms with E-state index in [1.54, 1.807) is 0 Å². The van der Waals surface area contributed by atoms with Gasteiger partial charge in [0.05, 0.1) is 0 Å². The highest BCUT2D eigenvalue weighted by atomic mass is 16.2. The zero-order valence-electron chi connectivity index (χ0n) is 12.9. The summed E-state index contributed by atoms with van der Waals surface area (Å²) in [4.78, 5) is 21.6. The summed E-state index contributed by atoms with van der Waals surface area (Å²) >= 11 is 0. The van der Waals surface area contributed by atoms with Crippen LogP contribution in [0.1, 0.15) is 37.2 Å². The molecule has 3 rings (SSSR count). The third-order valence-corrected chi connectivity index (χ3v) is 4.28. The van der Waals surface area contributed by atoms with Gasteiger partial charge < -0.3 is 10.2 Å². The molecule has 2 saturated heterocycles. The molecule has 3 heterocycles. The van der Waals surface area contributed by atoms with Crippen LogP contribution in [0.2, 0.25) is 0 Å². The lowest BCUT2D eigenvalue weighted by molar-refractivity contribution is 0.0566. The van der Waals surface area contributed by atoms with Gasteiger partial charge in [-0.25, -0.2) is 4.98 Å². The summed E-state index contributed by atoms with van der Waals surface area (Å²) in [7, 11) is 0. The van der Waals surface area contributed by atoms with Gasteiger partial charge in [-0.2, -0.15) is 0 Å². The highest BCUT2D eigenvalue weighted by Crippen LogP contribution is 2.22. The number of carbonyl (C=O) groups excluding carboxylic acids is 1. The number of nitrogens with one attached hydrogen (secondary N) is 1. The Morgan fingerprint density at radius 1 is 1.33 bits per heavy atom. The van der Waals surface area contributed by atoms with E-state index in [1.165, 1.54) is 19.4 Å². The van der Waals surface area contributed by atoms with Crippen molar-refractivity contribution in [1.29, 1.82) is 0 Å². The summed E-state index contributed by atoms with van der Waals surface area (Å²) in [6, 6.07) is 6.49. The molecule has 2 aliphatic rings. The van der Waals surface area contributed by atoms with Crippen LogP contribution < -0.4 is 5.32 Å². The van der Waals surface area contributed by atoms with Gasteiger partial charge in [-0.05, 0) is 45.4 Å². The first kappa shape index (κ1) is 14.3.